The Morgan fingerprint density at radius 2 is 2.06 bits per heavy atom. The number of Topliss-reactive ketones (excluding diaryl/α,β-unsaturated/α-hetero) is 1. The van der Waals surface area contributed by atoms with Crippen molar-refractivity contribution in [1.82, 2.24) is 10.2 Å². The summed E-state index contributed by atoms with van der Waals surface area (Å²) in [5.74, 6) is -2.77. The summed E-state index contributed by atoms with van der Waals surface area (Å²) in [4.78, 5) is 46.6. The van der Waals surface area contributed by atoms with Gasteiger partial charge in [0.25, 0.3) is 5.91 Å². The maximum Gasteiger partial charge on any atom is 0.287 e. The first-order valence-corrected chi connectivity index (χ1v) is 5.57. The van der Waals surface area contributed by atoms with Crippen LogP contribution in [0.2, 0.25) is 0 Å². The SMILES string of the molecule is NCCCC(C(=O)C(N)=O)N1CC(=O)NCC1=O. The number of nitrogens with zero attached hydrogens (tertiary/aromatic N) is 1. The van der Waals surface area contributed by atoms with Gasteiger partial charge in [0, 0.05) is 0 Å². The minimum atomic E-state index is -1.11. The summed E-state index contributed by atoms with van der Waals surface area (Å²) in [5, 5.41) is 2.36. The van der Waals surface area contributed by atoms with Crippen LogP contribution in [0.4, 0.5) is 0 Å². The summed E-state index contributed by atoms with van der Waals surface area (Å²) in [7, 11) is 0. The van der Waals surface area contributed by atoms with Gasteiger partial charge in [-0.15, -0.1) is 0 Å². The molecule has 1 atom stereocenters. The van der Waals surface area contributed by atoms with E-state index >= 15 is 0 Å². The van der Waals surface area contributed by atoms with Crippen molar-refractivity contribution < 1.29 is 19.2 Å². The van der Waals surface area contributed by atoms with Crippen LogP contribution in [0.25, 0.3) is 0 Å². The molecule has 3 amide bonds. The van der Waals surface area contributed by atoms with Crippen molar-refractivity contribution in [3.8, 4) is 0 Å². The van der Waals surface area contributed by atoms with Crippen LogP contribution < -0.4 is 16.8 Å². The molecule has 0 saturated carbocycles. The smallest absolute Gasteiger partial charge is 0.287 e. The summed E-state index contributed by atoms with van der Waals surface area (Å²) in [6.45, 7) is -0.103. The molecule has 1 unspecified atom stereocenters. The highest BCUT2D eigenvalue weighted by atomic mass is 16.2. The molecule has 0 radical (unpaired) electrons. The molecule has 1 fully saturated rings. The Bertz CT molecular complexity index is 382. The van der Waals surface area contributed by atoms with E-state index in [2.05, 4.69) is 5.32 Å². The zero-order valence-electron chi connectivity index (χ0n) is 9.85. The summed E-state index contributed by atoms with van der Waals surface area (Å²) in [6.07, 6.45) is 0.673. The van der Waals surface area contributed by atoms with Gasteiger partial charge in [-0.3, -0.25) is 19.2 Å². The third-order valence-corrected chi connectivity index (χ3v) is 2.67. The Morgan fingerprint density at radius 1 is 1.39 bits per heavy atom. The number of nitrogens with two attached hydrogens (primary N) is 2. The van der Waals surface area contributed by atoms with E-state index in [-0.39, 0.29) is 25.4 Å². The van der Waals surface area contributed by atoms with Crippen molar-refractivity contribution in [3.05, 3.63) is 0 Å². The van der Waals surface area contributed by atoms with Gasteiger partial charge in [0.2, 0.25) is 17.6 Å². The molecule has 0 bridgehead atoms. The number of ketones is 1. The first kappa shape index (κ1) is 14.1. The van der Waals surface area contributed by atoms with Crippen LogP contribution in [-0.2, 0) is 19.2 Å². The minimum Gasteiger partial charge on any atom is -0.363 e. The standard InChI is InChI=1S/C10H16N4O4/c11-3-1-2-6(9(17)10(12)18)14-5-7(15)13-4-8(14)16/h6H,1-5,11H2,(H2,12,18)(H,13,15). The molecule has 1 aliphatic heterocycles. The van der Waals surface area contributed by atoms with Crippen molar-refractivity contribution in [2.45, 2.75) is 18.9 Å². The van der Waals surface area contributed by atoms with Gasteiger partial charge in [0.15, 0.2) is 0 Å². The fourth-order valence-corrected chi connectivity index (χ4v) is 1.76. The fourth-order valence-electron chi connectivity index (χ4n) is 1.76. The third kappa shape index (κ3) is 3.27. The van der Waals surface area contributed by atoms with Gasteiger partial charge in [0.05, 0.1) is 6.54 Å². The largest absolute Gasteiger partial charge is 0.363 e. The van der Waals surface area contributed by atoms with Crippen LogP contribution in [0, 0.1) is 0 Å². The van der Waals surface area contributed by atoms with E-state index in [4.69, 9.17) is 11.5 Å². The molecule has 18 heavy (non-hydrogen) atoms. The molecule has 5 N–H and O–H groups in total. The number of nitrogens with one attached hydrogen (secondary N) is 1. The van der Waals surface area contributed by atoms with E-state index in [1.54, 1.807) is 0 Å². The topological polar surface area (TPSA) is 136 Å². The molecule has 1 heterocycles. The molecule has 0 aromatic carbocycles. The number of piperazine rings is 1. The summed E-state index contributed by atoms with van der Waals surface area (Å²) in [6, 6.07) is -0.996. The molecular weight excluding hydrogens is 240 g/mol. The van der Waals surface area contributed by atoms with E-state index in [9.17, 15) is 19.2 Å². The lowest BCUT2D eigenvalue weighted by Crippen LogP contribution is -2.58. The van der Waals surface area contributed by atoms with Crippen LogP contribution in [-0.4, -0.2) is 54.1 Å². The second-order valence-corrected chi connectivity index (χ2v) is 3.97. The summed E-state index contributed by atoms with van der Waals surface area (Å²) >= 11 is 0. The second kappa shape index (κ2) is 6.10. The van der Waals surface area contributed by atoms with Gasteiger partial charge in [0.1, 0.15) is 12.6 Å². The maximum atomic E-state index is 11.7. The maximum absolute atomic E-state index is 11.7. The zero-order valence-corrected chi connectivity index (χ0v) is 9.85. The molecular formula is C10H16N4O4. The quantitative estimate of drug-likeness (QED) is 0.438. The fraction of sp³-hybridized carbons (Fsp3) is 0.600. The predicted molar refractivity (Wildman–Crippen MR) is 61.0 cm³/mol. The average molecular weight is 256 g/mol. The lowest BCUT2D eigenvalue weighted by Gasteiger charge is -2.32. The van der Waals surface area contributed by atoms with Gasteiger partial charge in [-0.1, -0.05) is 0 Å². The molecule has 100 valence electrons. The minimum absolute atomic E-state index is 0.177. The van der Waals surface area contributed by atoms with Crippen molar-refractivity contribution in [2.24, 2.45) is 11.5 Å². The lowest BCUT2D eigenvalue weighted by molar-refractivity contribution is -0.149. The summed E-state index contributed by atoms with van der Waals surface area (Å²) in [5.41, 5.74) is 10.3. The average Bonchev–Trinajstić information content (AvgIpc) is 2.33. The van der Waals surface area contributed by atoms with Crippen molar-refractivity contribution in [2.75, 3.05) is 19.6 Å². The van der Waals surface area contributed by atoms with Crippen molar-refractivity contribution in [3.63, 3.8) is 0 Å². The van der Waals surface area contributed by atoms with Gasteiger partial charge in [-0.05, 0) is 19.4 Å². The van der Waals surface area contributed by atoms with Crippen LogP contribution in [0.5, 0.6) is 0 Å². The highest BCUT2D eigenvalue weighted by molar-refractivity contribution is 6.37. The van der Waals surface area contributed by atoms with E-state index < -0.39 is 23.6 Å². The Balaban J connectivity index is 2.86. The number of hydrogen-bond donors (Lipinski definition) is 3. The van der Waals surface area contributed by atoms with Crippen LogP contribution in [0.15, 0.2) is 0 Å². The lowest BCUT2D eigenvalue weighted by atomic mass is 10.0. The number of amides is 3. The van der Waals surface area contributed by atoms with E-state index in [1.165, 1.54) is 0 Å². The number of primary amides is 1. The van der Waals surface area contributed by atoms with Crippen LogP contribution in [0.1, 0.15) is 12.8 Å². The molecule has 1 rings (SSSR count). The van der Waals surface area contributed by atoms with E-state index in [1.807, 2.05) is 0 Å². The van der Waals surface area contributed by atoms with Gasteiger partial charge >= 0.3 is 0 Å². The second-order valence-electron chi connectivity index (χ2n) is 3.97. The first-order valence-electron chi connectivity index (χ1n) is 5.57. The van der Waals surface area contributed by atoms with Crippen molar-refractivity contribution >= 4 is 23.5 Å². The Hall–Kier alpha value is -1.96. The number of hydrogen-bond acceptors (Lipinski definition) is 5. The predicted octanol–water partition coefficient (Wildman–Crippen LogP) is -2.89. The van der Waals surface area contributed by atoms with Gasteiger partial charge in [-0.25, -0.2) is 0 Å². The zero-order chi connectivity index (χ0) is 13.7. The highest BCUT2D eigenvalue weighted by Gasteiger charge is 2.35. The number of rotatable bonds is 6. The molecule has 0 spiro atoms. The molecule has 1 saturated heterocycles. The highest BCUT2D eigenvalue weighted by Crippen LogP contribution is 2.10. The van der Waals surface area contributed by atoms with Crippen LogP contribution >= 0.6 is 0 Å². The van der Waals surface area contributed by atoms with Gasteiger partial charge < -0.3 is 21.7 Å². The Labute approximate surface area is 104 Å². The molecule has 8 nitrogen and oxygen atoms in total. The molecule has 0 aliphatic carbocycles. The number of carbonyl (C=O) groups is 4. The number of carbonyl (C=O) groups excluding carboxylic acids is 4. The first-order chi connectivity index (χ1) is 8.47. The van der Waals surface area contributed by atoms with E-state index in [0.717, 1.165) is 4.90 Å². The van der Waals surface area contributed by atoms with E-state index in [0.29, 0.717) is 13.0 Å². The monoisotopic (exact) mass is 256 g/mol. The van der Waals surface area contributed by atoms with Gasteiger partial charge in [-0.2, -0.15) is 0 Å². The van der Waals surface area contributed by atoms with Crippen LogP contribution in [0.3, 0.4) is 0 Å². The third-order valence-electron chi connectivity index (χ3n) is 2.67. The molecule has 0 aromatic rings. The Kier molecular flexibility index (Phi) is 4.78. The molecule has 1 aliphatic rings. The molecule has 0 aromatic heterocycles. The Morgan fingerprint density at radius 3 is 2.61 bits per heavy atom. The molecule has 8 heteroatoms. The van der Waals surface area contributed by atoms with Crippen molar-refractivity contribution in [1.29, 1.82) is 0 Å². The summed E-state index contributed by atoms with van der Waals surface area (Å²) < 4.78 is 0. The normalized spacial score (nSPS) is 17.3.